The van der Waals surface area contributed by atoms with Gasteiger partial charge in [0.25, 0.3) is 5.91 Å². The van der Waals surface area contributed by atoms with Gasteiger partial charge in [0.2, 0.25) is 0 Å². The molecule has 0 aromatic heterocycles. The van der Waals surface area contributed by atoms with Gasteiger partial charge < -0.3 is 10.1 Å². The van der Waals surface area contributed by atoms with Gasteiger partial charge in [0, 0.05) is 23.3 Å². The number of rotatable bonds is 5. The van der Waals surface area contributed by atoms with E-state index < -0.39 is 0 Å². The van der Waals surface area contributed by atoms with E-state index in [4.69, 9.17) is 27.9 Å². The molecule has 24 heavy (non-hydrogen) atoms. The number of carbonyl (C=O) groups excluding carboxylic acids is 1. The summed E-state index contributed by atoms with van der Waals surface area (Å²) in [6.45, 7) is 0.797. The fourth-order valence-electron chi connectivity index (χ4n) is 2.50. The van der Waals surface area contributed by atoms with Crippen LogP contribution in [0.3, 0.4) is 0 Å². The van der Waals surface area contributed by atoms with Crippen molar-refractivity contribution in [3.63, 3.8) is 0 Å². The number of nitrogens with one attached hydrogen (secondary N) is 3. The number of halogens is 2. The second-order valence-electron chi connectivity index (χ2n) is 5.45. The summed E-state index contributed by atoms with van der Waals surface area (Å²) in [5, 5.41) is 3.72. The van der Waals surface area contributed by atoms with Crippen molar-refractivity contribution < 1.29 is 9.53 Å². The molecular formula is C17H17Cl2N3O2. The number of ether oxygens (including phenoxy) is 1. The molecule has 1 aliphatic rings. The first kappa shape index (κ1) is 17.0. The molecule has 0 bridgehead atoms. The highest BCUT2D eigenvalue weighted by molar-refractivity contribution is 6.35. The minimum absolute atomic E-state index is 0.130. The monoisotopic (exact) mass is 365 g/mol. The molecule has 1 saturated heterocycles. The third-order valence-corrected chi connectivity index (χ3v) is 4.19. The minimum atomic E-state index is -0.254. The van der Waals surface area contributed by atoms with Gasteiger partial charge in [-0.3, -0.25) is 15.6 Å². The predicted octanol–water partition coefficient (Wildman–Crippen LogP) is 3.55. The van der Waals surface area contributed by atoms with Gasteiger partial charge in [0.1, 0.15) is 5.75 Å². The Kier molecular flexibility index (Phi) is 5.58. The number of hydrogen-bond acceptors (Lipinski definition) is 4. The van der Waals surface area contributed by atoms with E-state index in [0.29, 0.717) is 15.8 Å². The Morgan fingerprint density at radius 2 is 2.12 bits per heavy atom. The largest absolute Gasteiger partial charge is 0.482 e. The Bertz CT molecular complexity index is 734. The van der Waals surface area contributed by atoms with Crippen LogP contribution in [-0.2, 0) is 4.79 Å². The zero-order valence-corrected chi connectivity index (χ0v) is 14.3. The number of carbonyl (C=O) groups is 1. The van der Waals surface area contributed by atoms with Crippen molar-refractivity contribution >= 4 is 34.8 Å². The molecule has 1 aliphatic heterocycles. The van der Waals surface area contributed by atoms with Crippen molar-refractivity contribution in [1.29, 1.82) is 0 Å². The van der Waals surface area contributed by atoms with Crippen LogP contribution in [-0.4, -0.2) is 19.1 Å². The lowest BCUT2D eigenvalue weighted by Gasteiger charge is -2.13. The number of hydrogen-bond donors (Lipinski definition) is 3. The summed E-state index contributed by atoms with van der Waals surface area (Å²) < 4.78 is 5.43. The lowest BCUT2D eigenvalue weighted by atomic mass is 10.1. The van der Waals surface area contributed by atoms with Crippen molar-refractivity contribution in [1.82, 2.24) is 10.9 Å². The van der Waals surface area contributed by atoms with Gasteiger partial charge in [0.15, 0.2) is 6.61 Å². The minimum Gasteiger partial charge on any atom is -0.482 e. The Morgan fingerprint density at radius 3 is 2.88 bits per heavy atom. The third-order valence-electron chi connectivity index (χ3n) is 3.66. The maximum atomic E-state index is 12.1. The predicted molar refractivity (Wildman–Crippen MR) is 95.5 cm³/mol. The molecule has 2 aromatic carbocycles. The Hall–Kier alpha value is -1.79. The highest BCUT2D eigenvalue weighted by atomic mass is 35.5. The SMILES string of the molecule is O=C(COc1ccc(Cl)cc1Cl)Nc1cccc(C2CCNN2)c1. The Labute approximate surface area is 150 Å². The molecule has 5 nitrogen and oxygen atoms in total. The highest BCUT2D eigenvalue weighted by Crippen LogP contribution is 2.27. The van der Waals surface area contributed by atoms with E-state index >= 15 is 0 Å². The lowest BCUT2D eigenvalue weighted by Crippen LogP contribution is -2.24. The number of amides is 1. The standard InChI is InChI=1S/C17H17Cl2N3O2/c18-12-4-5-16(14(19)9-12)24-10-17(23)21-13-3-1-2-11(8-13)15-6-7-20-22-15/h1-5,8-9,15,20,22H,6-7,10H2,(H,21,23). The van der Waals surface area contributed by atoms with E-state index in [2.05, 4.69) is 16.2 Å². The summed E-state index contributed by atoms with van der Waals surface area (Å²) in [6.07, 6.45) is 1.01. The number of anilines is 1. The molecule has 126 valence electrons. The summed E-state index contributed by atoms with van der Waals surface area (Å²) in [5.74, 6) is 0.168. The van der Waals surface area contributed by atoms with E-state index in [1.54, 1.807) is 18.2 Å². The van der Waals surface area contributed by atoms with Crippen LogP contribution in [0.25, 0.3) is 0 Å². The van der Waals surface area contributed by atoms with Crippen LogP contribution in [0, 0.1) is 0 Å². The molecule has 1 heterocycles. The zero-order valence-electron chi connectivity index (χ0n) is 12.8. The summed E-state index contributed by atoms with van der Waals surface area (Å²) in [7, 11) is 0. The molecule has 1 unspecified atom stereocenters. The molecule has 1 fully saturated rings. The average molecular weight is 366 g/mol. The van der Waals surface area contributed by atoms with Crippen LogP contribution < -0.4 is 20.9 Å². The van der Waals surface area contributed by atoms with Gasteiger partial charge >= 0.3 is 0 Å². The normalized spacial score (nSPS) is 16.8. The van der Waals surface area contributed by atoms with Crippen LogP contribution in [0.4, 0.5) is 5.69 Å². The zero-order chi connectivity index (χ0) is 16.9. The van der Waals surface area contributed by atoms with Crippen molar-refractivity contribution in [3.8, 4) is 5.75 Å². The summed E-state index contributed by atoms with van der Waals surface area (Å²) in [4.78, 5) is 12.1. The smallest absolute Gasteiger partial charge is 0.262 e. The van der Waals surface area contributed by atoms with Crippen LogP contribution >= 0.6 is 23.2 Å². The molecule has 0 spiro atoms. The Morgan fingerprint density at radius 1 is 1.25 bits per heavy atom. The fourth-order valence-corrected chi connectivity index (χ4v) is 2.96. The quantitative estimate of drug-likeness (QED) is 0.758. The van der Waals surface area contributed by atoms with E-state index in [9.17, 15) is 4.79 Å². The van der Waals surface area contributed by atoms with Crippen molar-refractivity contribution in [2.24, 2.45) is 0 Å². The van der Waals surface area contributed by atoms with Crippen molar-refractivity contribution in [2.45, 2.75) is 12.5 Å². The molecule has 7 heteroatoms. The summed E-state index contributed by atoms with van der Waals surface area (Å²) >= 11 is 11.8. The van der Waals surface area contributed by atoms with Gasteiger partial charge in [-0.2, -0.15) is 0 Å². The summed E-state index contributed by atoms with van der Waals surface area (Å²) in [5.41, 5.74) is 8.16. The van der Waals surface area contributed by atoms with Gasteiger partial charge in [-0.15, -0.1) is 0 Å². The van der Waals surface area contributed by atoms with Crippen molar-refractivity contribution in [3.05, 3.63) is 58.1 Å². The topological polar surface area (TPSA) is 62.4 Å². The third kappa shape index (κ3) is 4.39. The first-order valence-corrected chi connectivity index (χ1v) is 8.33. The Balaban J connectivity index is 1.57. The molecule has 0 aliphatic carbocycles. The first-order chi connectivity index (χ1) is 11.6. The molecule has 3 rings (SSSR count). The van der Waals surface area contributed by atoms with Crippen molar-refractivity contribution in [2.75, 3.05) is 18.5 Å². The lowest BCUT2D eigenvalue weighted by molar-refractivity contribution is -0.118. The molecule has 1 atom stereocenters. The van der Waals surface area contributed by atoms with Crippen LogP contribution in [0.5, 0.6) is 5.75 Å². The summed E-state index contributed by atoms with van der Waals surface area (Å²) in [6, 6.07) is 12.9. The molecule has 1 amide bonds. The number of hydrazine groups is 1. The first-order valence-electron chi connectivity index (χ1n) is 7.58. The van der Waals surface area contributed by atoms with Gasteiger partial charge in [-0.1, -0.05) is 35.3 Å². The van der Waals surface area contributed by atoms with Gasteiger partial charge in [-0.25, -0.2) is 0 Å². The van der Waals surface area contributed by atoms with Gasteiger partial charge in [0.05, 0.1) is 5.02 Å². The fraction of sp³-hybridized carbons (Fsp3) is 0.235. The average Bonchev–Trinajstić information content (AvgIpc) is 3.09. The molecular weight excluding hydrogens is 349 g/mol. The molecule has 0 saturated carbocycles. The molecule has 3 N–H and O–H groups in total. The highest BCUT2D eigenvalue weighted by Gasteiger charge is 2.16. The van der Waals surface area contributed by atoms with E-state index in [1.165, 1.54) is 0 Å². The molecule has 0 radical (unpaired) electrons. The van der Waals surface area contributed by atoms with E-state index in [1.807, 2.05) is 24.3 Å². The van der Waals surface area contributed by atoms with Gasteiger partial charge in [-0.05, 0) is 42.3 Å². The molecule has 2 aromatic rings. The van der Waals surface area contributed by atoms with Crippen LogP contribution in [0.2, 0.25) is 10.0 Å². The second kappa shape index (κ2) is 7.85. The maximum absolute atomic E-state index is 12.1. The number of benzene rings is 2. The second-order valence-corrected chi connectivity index (χ2v) is 6.29. The van der Waals surface area contributed by atoms with Crippen LogP contribution in [0.1, 0.15) is 18.0 Å². The maximum Gasteiger partial charge on any atom is 0.262 e. The van der Waals surface area contributed by atoms with Crippen LogP contribution in [0.15, 0.2) is 42.5 Å². The van der Waals surface area contributed by atoms with E-state index in [0.717, 1.165) is 24.2 Å². The van der Waals surface area contributed by atoms with E-state index in [-0.39, 0.29) is 18.6 Å².